The Hall–Kier alpha value is -0.500. The summed E-state index contributed by atoms with van der Waals surface area (Å²) in [7, 11) is 0. The third kappa shape index (κ3) is 1.80. The molecule has 3 aliphatic rings. The second-order valence-corrected chi connectivity index (χ2v) is 4.95. The van der Waals surface area contributed by atoms with Crippen LogP contribution in [0.3, 0.4) is 0 Å². The van der Waals surface area contributed by atoms with Gasteiger partial charge in [-0.3, -0.25) is 0 Å². The maximum Gasteiger partial charge on any atom is 0.201 e. The lowest BCUT2D eigenvalue weighted by atomic mass is 9.87. The van der Waals surface area contributed by atoms with Crippen molar-refractivity contribution in [3.8, 4) is 0 Å². The highest BCUT2D eigenvalue weighted by Crippen LogP contribution is 2.40. The first kappa shape index (κ1) is 12.5. The standard InChI is InChI=1S/C12H18O6/c1-7-3-18-12(13,8(7)2)11-10-9(15-6-17-11)4-14-5-16-10/h8-11,13H,1,3-6H2,2H3. The fourth-order valence-corrected chi connectivity index (χ4v) is 2.65. The molecule has 102 valence electrons. The molecule has 3 aliphatic heterocycles. The summed E-state index contributed by atoms with van der Waals surface area (Å²) in [6, 6.07) is 0. The summed E-state index contributed by atoms with van der Waals surface area (Å²) in [5.41, 5.74) is 0.858. The molecule has 3 heterocycles. The number of ether oxygens (including phenoxy) is 5. The molecular formula is C12H18O6. The third-order valence-electron chi connectivity index (χ3n) is 3.95. The Balaban J connectivity index is 1.83. The van der Waals surface area contributed by atoms with Gasteiger partial charge in [0.25, 0.3) is 0 Å². The highest BCUT2D eigenvalue weighted by atomic mass is 16.8. The average Bonchev–Trinajstić information content (AvgIpc) is 2.67. The number of fused-ring (bicyclic) bond motifs is 1. The predicted octanol–water partition coefficient (Wildman–Crippen LogP) is 0.0119. The van der Waals surface area contributed by atoms with Gasteiger partial charge >= 0.3 is 0 Å². The SMILES string of the molecule is C=C1COC(O)(C2OCOC3COCOC32)C1C. The molecule has 0 saturated carbocycles. The van der Waals surface area contributed by atoms with E-state index in [0.717, 1.165) is 5.57 Å². The summed E-state index contributed by atoms with van der Waals surface area (Å²) in [5.74, 6) is -1.60. The average molecular weight is 258 g/mol. The van der Waals surface area contributed by atoms with E-state index in [1.165, 1.54) is 0 Å². The maximum absolute atomic E-state index is 10.7. The van der Waals surface area contributed by atoms with Crippen molar-refractivity contribution in [3.05, 3.63) is 12.2 Å². The molecule has 0 bridgehead atoms. The van der Waals surface area contributed by atoms with Gasteiger partial charge in [0.05, 0.1) is 13.2 Å². The number of hydrogen-bond donors (Lipinski definition) is 1. The number of hydrogen-bond acceptors (Lipinski definition) is 6. The summed E-state index contributed by atoms with van der Waals surface area (Å²) in [6.45, 7) is 6.83. The number of aliphatic hydroxyl groups is 1. The molecule has 0 aromatic carbocycles. The summed E-state index contributed by atoms with van der Waals surface area (Å²) in [6.07, 6.45) is -1.20. The molecule has 1 N–H and O–H groups in total. The molecule has 5 unspecified atom stereocenters. The lowest BCUT2D eigenvalue weighted by Gasteiger charge is -2.46. The van der Waals surface area contributed by atoms with Crippen molar-refractivity contribution in [1.82, 2.24) is 0 Å². The van der Waals surface area contributed by atoms with E-state index in [0.29, 0.717) is 13.2 Å². The minimum absolute atomic E-state index is 0.101. The van der Waals surface area contributed by atoms with Crippen LogP contribution in [0.1, 0.15) is 6.92 Å². The highest BCUT2D eigenvalue weighted by Gasteiger charge is 2.56. The monoisotopic (exact) mass is 258 g/mol. The van der Waals surface area contributed by atoms with Gasteiger partial charge in [0.15, 0.2) is 0 Å². The van der Waals surface area contributed by atoms with Crippen LogP contribution in [0.5, 0.6) is 0 Å². The lowest BCUT2D eigenvalue weighted by molar-refractivity contribution is -0.365. The fourth-order valence-electron chi connectivity index (χ4n) is 2.65. The van der Waals surface area contributed by atoms with Crippen LogP contribution >= 0.6 is 0 Å². The van der Waals surface area contributed by atoms with Crippen LogP contribution in [0.15, 0.2) is 12.2 Å². The normalized spacial score (nSPS) is 49.1. The van der Waals surface area contributed by atoms with Crippen molar-refractivity contribution in [1.29, 1.82) is 0 Å². The zero-order valence-electron chi connectivity index (χ0n) is 10.3. The molecule has 0 amide bonds. The van der Waals surface area contributed by atoms with E-state index in [-0.39, 0.29) is 31.7 Å². The van der Waals surface area contributed by atoms with Gasteiger partial charge in [-0.15, -0.1) is 0 Å². The van der Waals surface area contributed by atoms with E-state index in [4.69, 9.17) is 23.7 Å². The van der Waals surface area contributed by atoms with Crippen LogP contribution in [0.2, 0.25) is 0 Å². The Morgan fingerprint density at radius 1 is 1.28 bits per heavy atom. The first-order valence-corrected chi connectivity index (χ1v) is 6.09. The Kier molecular flexibility index (Phi) is 3.17. The highest BCUT2D eigenvalue weighted by molar-refractivity contribution is 5.13. The van der Waals surface area contributed by atoms with E-state index in [9.17, 15) is 5.11 Å². The van der Waals surface area contributed by atoms with Crippen LogP contribution in [0.25, 0.3) is 0 Å². The molecule has 0 aliphatic carbocycles. The van der Waals surface area contributed by atoms with E-state index in [1.54, 1.807) is 0 Å². The fraction of sp³-hybridized carbons (Fsp3) is 0.833. The van der Waals surface area contributed by atoms with Gasteiger partial charge < -0.3 is 28.8 Å². The van der Waals surface area contributed by atoms with Crippen molar-refractivity contribution >= 4 is 0 Å². The third-order valence-corrected chi connectivity index (χ3v) is 3.95. The van der Waals surface area contributed by atoms with E-state index < -0.39 is 11.9 Å². The summed E-state index contributed by atoms with van der Waals surface area (Å²) < 4.78 is 27.2. The largest absolute Gasteiger partial charge is 0.363 e. The molecule has 5 atom stereocenters. The molecule has 3 rings (SSSR count). The zero-order valence-corrected chi connectivity index (χ0v) is 10.3. The molecule has 0 aromatic heterocycles. The molecule has 18 heavy (non-hydrogen) atoms. The van der Waals surface area contributed by atoms with Crippen molar-refractivity contribution < 1.29 is 28.8 Å². The second-order valence-electron chi connectivity index (χ2n) is 4.95. The smallest absolute Gasteiger partial charge is 0.201 e. The molecule has 0 spiro atoms. The van der Waals surface area contributed by atoms with E-state index in [2.05, 4.69) is 6.58 Å². The van der Waals surface area contributed by atoms with Gasteiger partial charge in [-0.2, -0.15) is 0 Å². The van der Waals surface area contributed by atoms with Crippen molar-refractivity contribution in [2.24, 2.45) is 5.92 Å². The van der Waals surface area contributed by atoms with Gasteiger partial charge in [0.2, 0.25) is 5.79 Å². The van der Waals surface area contributed by atoms with Gasteiger partial charge in [0, 0.05) is 5.92 Å². The Morgan fingerprint density at radius 2 is 2.11 bits per heavy atom. The topological polar surface area (TPSA) is 66.4 Å². The maximum atomic E-state index is 10.7. The van der Waals surface area contributed by atoms with Crippen LogP contribution in [0, 0.1) is 5.92 Å². The quantitative estimate of drug-likeness (QED) is 0.668. The minimum Gasteiger partial charge on any atom is -0.363 e. The van der Waals surface area contributed by atoms with E-state index in [1.807, 2.05) is 6.92 Å². The van der Waals surface area contributed by atoms with Crippen molar-refractivity contribution in [2.75, 3.05) is 26.8 Å². The van der Waals surface area contributed by atoms with Gasteiger partial charge in [-0.05, 0) is 5.57 Å². The minimum atomic E-state index is -1.40. The second kappa shape index (κ2) is 4.56. The van der Waals surface area contributed by atoms with Gasteiger partial charge in [-0.25, -0.2) is 0 Å². The van der Waals surface area contributed by atoms with Gasteiger partial charge in [0.1, 0.15) is 31.9 Å². The Labute approximate surface area is 105 Å². The summed E-state index contributed by atoms with van der Waals surface area (Å²) in [4.78, 5) is 0. The first-order chi connectivity index (χ1) is 8.63. The summed E-state index contributed by atoms with van der Waals surface area (Å²) in [5, 5.41) is 10.7. The summed E-state index contributed by atoms with van der Waals surface area (Å²) >= 11 is 0. The Morgan fingerprint density at radius 3 is 2.83 bits per heavy atom. The molecule has 0 aromatic rings. The van der Waals surface area contributed by atoms with Crippen molar-refractivity contribution in [2.45, 2.75) is 31.0 Å². The number of rotatable bonds is 1. The van der Waals surface area contributed by atoms with Crippen LogP contribution in [0.4, 0.5) is 0 Å². The molecular weight excluding hydrogens is 240 g/mol. The lowest BCUT2D eigenvalue weighted by Crippen LogP contribution is -2.63. The molecule has 0 radical (unpaired) electrons. The molecule has 6 heteroatoms. The zero-order chi connectivity index (χ0) is 12.8. The van der Waals surface area contributed by atoms with Crippen LogP contribution < -0.4 is 0 Å². The predicted molar refractivity (Wildman–Crippen MR) is 59.5 cm³/mol. The Bertz CT molecular complexity index is 343. The molecule has 3 saturated heterocycles. The van der Waals surface area contributed by atoms with Crippen LogP contribution in [-0.2, 0) is 23.7 Å². The van der Waals surface area contributed by atoms with Crippen molar-refractivity contribution in [3.63, 3.8) is 0 Å². The molecule has 3 fully saturated rings. The molecule has 6 nitrogen and oxygen atoms in total. The van der Waals surface area contributed by atoms with Gasteiger partial charge in [-0.1, -0.05) is 13.5 Å². The van der Waals surface area contributed by atoms with Crippen LogP contribution in [-0.4, -0.2) is 56.0 Å². The first-order valence-electron chi connectivity index (χ1n) is 6.09. The van der Waals surface area contributed by atoms with E-state index >= 15 is 0 Å².